The average molecular weight is 228 g/mol. The van der Waals surface area contributed by atoms with Crippen LogP contribution in [0.1, 0.15) is 40.5 Å². The fraction of sp³-hybridized carbons (Fsp3) is 0.917. The van der Waals surface area contributed by atoms with Crippen LogP contribution in [-0.4, -0.2) is 30.8 Å². The van der Waals surface area contributed by atoms with Crippen LogP contribution in [0.15, 0.2) is 0 Å². The highest BCUT2D eigenvalue weighted by Gasteiger charge is 2.20. The molecular formula is C12H24N2O2. The van der Waals surface area contributed by atoms with Crippen molar-refractivity contribution < 1.29 is 9.53 Å². The van der Waals surface area contributed by atoms with Crippen LogP contribution in [0.2, 0.25) is 0 Å². The summed E-state index contributed by atoms with van der Waals surface area (Å²) in [6, 6.07) is 0.392. The first-order chi connectivity index (χ1) is 7.37. The number of hydrogen-bond donors (Lipinski definition) is 2. The molecule has 2 atom stereocenters. The predicted octanol–water partition coefficient (Wildman–Crippen LogP) is 1.90. The van der Waals surface area contributed by atoms with Crippen molar-refractivity contribution in [3.8, 4) is 0 Å². The molecule has 1 aliphatic heterocycles. The maximum atomic E-state index is 11.4. The van der Waals surface area contributed by atoms with Gasteiger partial charge >= 0.3 is 6.09 Å². The molecule has 1 heterocycles. The first kappa shape index (κ1) is 13.3. The molecule has 94 valence electrons. The van der Waals surface area contributed by atoms with Gasteiger partial charge in [0.25, 0.3) is 0 Å². The van der Waals surface area contributed by atoms with Crippen LogP contribution in [-0.2, 0) is 4.74 Å². The summed E-state index contributed by atoms with van der Waals surface area (Å²) in [4.78, 5) is 11.4. The second-order valence-corrected chi connectivity index (χ2v) is 5.67. The molecule has 4 heteroatoms. The lowest BCUT2D eigenvalue weighted by Gasteiger charge is -2.28. The van der Waals surface area contributed by atoms with E-state index in [1.54, 1.807) is 0 Å². The summed E-state index contributed by atoms with van der Waals surface area (Å²) in [6.45, 7) is 9.54. The molecule has 0 radical (unpaired) electrons. The largest absolute Gasteiger partial charge is 0.444 e. The van der Waals surface area contributed by atoms with Crippen LogP contribution >= 0.6 is 0 Å². The predicted molar refractivity (Wildman–Crippen MR) is 64.4 cm³/mol. The molecule has 0 aromatic carbocycles. The molecule has 2 N–H and O–H groups in total. The SMILES string of the molecule is CC1CCC(CNC(=O)OC(C)(C)C)NC1. The van der Waals surface area contributed by atoms with Crippen LogP contribution in [0.3, 0.4) is 0 Å². The third-order valence-electron chi connectivity index (χ3n) is 2.65. The van der Waals surface area contributed by atoms with E-state index in [9.17, 15) is 4.79 Å². The van der Waals surface area contributed by atoms with Crippen LogP contribution in [0, 0.1) is 5.92 Å². The van der Waals surface area contributed by atoms with E-state index < -0.39 is 5.60 Å². The summed E-state index contributed by atoms with van der Waals surface area (Å²) < 4.78 is 5.17. The van der Waals surface area contributed by atoms with Gasteiger partial charge in [0.05, 0.1) is 0 Å². The zero-order chi connectivity index (χ0) is 12.2. The summed E-state index contributed by atoms with van der Waals surface area (Å²) in [6.07, 6.45) is 2.03. The Bertz CT molecular complexity index is 228. The van der Waals surface area contributed by atoms with Crippen LogP contribution in [0.4, 0.5) is 4.79 Å². The van der Waals surface area contributed by atoms with E-state index in [0.29, 0.717) is 12.6 Å². The Morgan fingerprint density at radius 3 is 2.62 bits per heavy atom. The Kier molecular flexibility index (Phi) is 4.59. The molecule has 4 nitrogen and oxygen atoms in total. The van der Waals surface area contributed by atoms with Gasteiger partial charge in [-0.2, -0.15) is 0 Å². The zero-order valence-corrected chi connectivity index (χ0v) is 10.8. The molecule has 0 aromatic heterocycles. The minimum atomic E-state index is -0.418. The first-order valence-corrected chi connectivity index (χ1v) is 6.07. The normalized spacial score (nSPS) is 26.2. The molecule has 1 rings (SSSR count). The molecule has 2 unspecified atom stereocenters. The molecular weight excluding hydrogens is 204 g/mol. The number of alkyl carbamates (subject to hydrolysis) is 1. The lowest BCUT2D eigenvalue weighted by Crippen LogP contribution is -2.46. The fourth-order valence-corrected chi connectivity index (χ4v) is 1.75. The highest BCUT2D eigenvalue weighted by Crippen LogP contribution is 2.13. The van der Waals surface area contributed by atoms with Crippen molar-refractivity contribution in [2.45, 2.75) is 52.2 Å². The molecule has 1 aliphatic rings. The molecule has 0 bridgehead atoms. The van der Waals surface area contributed by atoms with E-state index in [1.807, 2.05) is 20.8 Å². The minimum Gasteiger partial charge on any atom is -0.444 e. The van der Waals surface area contributed by atoms with E-state index in [1.165, 1.54) is 6.42 Å². The van der Waals surface area contributed by atoms with E-state index in [4.69, 9.17) is 4.74 Å². The Morgan fingerprint density at radius 1 is 1.44 bits per heavy atom. The average Bonchev–Trinajstić information content (AvgIpc) is 2.14. The number of nitrogens with one attached hydrogen (secondary N) is 2. The zero-order valence-electron chi connectivity index (χ0n) is 10.8. The van der Waals surface area contributed by atoms with Crippen LogP contribution in [0.25, 0.3) is 0 Å². The van der Waals surface area contributed by atoms with Gasteiger partial charge < -0.3 is 15.4 Å². The van der Waals surface area contributed by atoms with Crippen molar-refractivity contribution in [3.63, 3.8) is 0 Å². The smallest absolute Gasteiger partial charge is 0.407 e. The quantitative estimate of drug-likeness (QED) is 0.759. The van der Waals surface area contributed by atoms with Gasteiger partial charge in [0.15, 0.2) is 0 Å². The molecule has 1 amide bonds. The van der Waals surface area contributed by atoms with Gasteiger partial charge in [0.1, 0.15) is 5.60 Å². The van der Waals surface area contributed by atoms with Crippen molar-refractivity contribution in [2.75, 3.05) is 13.1 Å². The van der Waals surface area contributed by atoms with Gasteiger partial charge in [0.2, 0.25) is 0 Å². The van der Waals surface area contributed by atoms with Crippen molar-refractivity contribution in [2.24, 2.45) is 5.92 Å². The standard InChI is InChI=1S/C12H24N2O2/c1-9-5-6-10(13-7-9)8-14-11(15)16-12(2,3)4/h9-10,13H,5-8H2,1-4H3,(H,14,15). The summed E-state index contributed by atoms with van der Waals surface area (Å²) >= 11 is 0. The van der Waals surface area contributed by atoms with Crippen LogP contribution < -0.4 is 10.6 Å². The lowest BCUT2D eigenvalue weighted by atomic mass is 9.96. The summed E-state index contributed by atoms with van der Waals surface area (Å²) in [5, 5.41) is 6.22. The Balaban J connectivity index is 2.17. The third kappa shape index (κ3) is 5.35. The van der Waals surface area contributed by atoms with Gasteiger partial charge in [-0.3, -0.25) is 0 Å². The minimum absolute atomic E-state index is 0.326. The third-order valence-corrected chi connectivity index (χ3v) is 2.65. The number of carbonyl (C=O) groups is 1. The Hall–Kier alpha value is -0.770. The van der Waals surface area contributed by atoms with E-state index in [2.05, 4.69) is 17.6 Å². The van der Waals surface area contributed by atoms with Gasteiger partial charge in [-0.1, -0.05) is 6.92 Å². The summed E-state index contributed by atoms with van der Waals surface area (Å²) in [5.41, 5.74) is -0.418. The highest BCUT2D eigenvalue weighted by atomic mass is 16.6. The van der Waals surface area contributed by atoms with Gasteiger partial charge in [0, 0.05) is 12.6 Å². The number of ether oxygens (including phenoxy) is 1. The maximum absolute atomic E-state index is 11.4. The molecule has 0 spiro atoms. The highest BCUT2D eigenvalue weighted by molar-refractivity contribution is 5.67. The molecule has 0 aromatic rings. The van der Waals surface area contributed by atoms with Crippen molar-refractivity contribution in [1.29, 1.82) is 0 Å². The monoisotopic (exact) mass is 228 g/mol. The molecule has 16 heavy (non-hydrogen) atoms. The number of carbonyl (C=O) groups excluding carboxylic acids is 1. The number of piperidine rings is 1. The summed E-state index contributed by atoms with van der Waals surface area (Å²) in [7, 11) is 0. The summed E-state index contributed by atoms with van der Waals surface area (Å²) in [5.74, 6) is 0.748. The number of hydrogen-bond acceptors (Lipinski definition) is 3. The van der Waals surface area contributed by atoms with Gasteiger partial charge in [-0.25, -0.2) is 4.79 Å². The van der Waals surface area contributed by atoms with E-state index >= 15 is 0 Å². The fourth-order valence-electron chi connectivity index (χ4n) is 1.75. The molecule has 1 fully saturated rings. The van der Waals surface area contributed by atoms with Crippen molar-refractivity contribution in [3.05, 3.63) is 0 Å². The van der Waals surface area contributed by atoms with Crippen molar-refractivity contribution in [1.82, 2.24) is 10.6 Å². The van der Waals surface area contributed by atoms with Gasteiger partial charge in [-0.15, -0.1) is 0 Å². The maximum Gasteiger partial charge on any atom is 0.407 e. The second-order valence-electron chi connectivity index (χ2n) is 5.67. The van der Waals surface area contributed by atoms with Gasteiger partial charge in [-0.05, 0) is 46.1 Å². The van der Waals surface area contributed by atoms with Crippen LogP contribution in [0.5, 0.6) is 0 Å². The van der Waals surface area contributed by atoms with E-state index in [-0.39, 0.29) is 6.09 Å². The Labute approximate surface area is 98.1 Å². The number of amides is 1. The molecule has 0 saturated carbocycles. The molecule has 0 aliphatic carbocycles. The Morgan fingerprint density at radius 2 is 2.12 bits per heavy atom. The number of rotatable bonds is 2. The van der Waals surface area contributed by atoms with E-state index in [0.717, 1.165) is 18.9 Å². The lowest BCUT2D eigenvalue weighted by molar-refractivity contribution is 0.0519. The molecule has 1 saturated heterocycles. The van der Waals surface area contributed by atoms with Crippen molar-refractivity contribution >= 4 is 6.09 Å². The first-order valence-electron chi connectivity index (χ1n) is 6.07. The topological polar surface area (TPSA) is 50.4 Å². The second kappa shape index (κ2) is 5.53.